The summed E-state index contributed by atoms with van der Waals surface area (Å²) in [6, 6.07) is 8.76. The lowest BCUT2D eigenvalue weighted by Crippen LogP contribution is -2.34. The summed E-state index contributed by atoms with van der Waals surface area (Å²) in [5.41, 5.74) is 1.54. The van der Waals surface area contributed by atoms with Crippen molar-refractivity contribution in [3.8, 4) is 6.07 Å². The van der Waals surface area contributed by atoms with E-state index in [1.54, 1.807) is 25.3 Å². The van der Waals surface area contributed by atoms with Crippen LogP contribution in [0.1, 0.15) is 27.8 Å². The van der Waals surface area contributed by atoms with Gasteiger partial charge in [0.2, 0.25) is 0 Å². The van der Waals surface area contributed by atoms with E-state index in [2.05, 4.69) is 9.97 Å². The minimum atomic E-state index is -0.294. The molecular weight excluding hydrogens is 268 g/mol. The zero-order valence-electron chi connectivity index (χ0n) is 11.9. The predicted octanol–water partition coefficient (Wildman–Crippen LogP) is 1.74. The number of nitriles is 1. The van der Waals surface area contributed by atoms with Gasteiger partial charge in [-0.15, -0.1) is 0 Å². The standard InChI is InChI=1S/C15H16N4O2/c1-19(15(20)13-7-11(8-16)9-18-13)14(10-21-2)12-5-3-4-6-17-12/h3-7,9,14,18H,10H2,1-2H3. The molecule has 2 rings (SSSR count). The molecule has 0 aliphatic rings. The molecule has 0 bridgehead atoms. The molecule has 108 valence electrons. The van der Waals surface area contributed by atoms with Crippen molar-refractivity contribution in [2.24, 2.45) is 0 Å². The van der Waals surface area contributed by atoms with Crippen LogP contribution in [-0.4, -0.2) is 41.5 Å². The molecule has 6 heteroatoms. The fourth-order valence-electron chi connectivity index (χ4n) is 2.04. The van der Waals surface area contributed by atoms with E-state index >= 15 is 0 Å². The van der Waals surface area contributed by atoms with Crippen molar-refractivity contribution in [3.05, 3.63) is 53.6 Å². The summed E-state index contributed by atoms with van der Waals surface area (Å²) < 4.78 is 5.20. The minimum absolute atomic E-state index is 0.218. The fourth-order valence-corrected chi connectivity index (χ4v) is 2.04. The third-order valence-corrected chi connectivity index (χ3v) is 3.18. The van der Waals surface area contributed by atoms with E-state index in [9.17, 15) is 4.79 Å². The summed E-state index contributed by atoms with van der Waals surface area (Å²) in [7, 11) is 3.27. The molecule has 2 heterocycles. The number of H-pyrrole nitrogens is 1. The van der Waals surface area contributed by atoms with Crippen molar-refractivity contribution < 1.29 is 9.53 Å². The van der Waals surface area contributed by atoms with Crippen LogP contribution in [0.25, 0.3) is 0 Å². The van der Waals surface area contributed by atoms with Crippen LogP contribution in [0.5, 0.6) is 0 Å². The summed E-state index contributed by atoms with van der Waals surface area (Å²) in [6.45, 7) is 0.338. The number of likely N-dealkylation sites (N-methyl/N-ethyl adjacent to an activating group) is 1. The Morgan fingerprint density at radius 3 is 2.95 bits per heavy atom. The maximum atomic E-state index is 12.5. The molecule has 0 saturated heterocycles. The molecule has 1 N–H and O–H groups in total. The number of pyridine rings is 1. The number of methoxy groups -OCH3 is 1. The largest absolute Gasteiger partial charge is 0.382 e. The molecule has 2 aromatic heterocycles. The Morgan fingerprint density at radius 1 is 1.57 bits per heavy atom. The normalized spacial score (nSPS) is 11.7. The first-order valence-electron chi connectivity index (χ1n) is 6.43. The van der Waals surface area contributed by atoms with Crippen LogP contribution in [0, 0.1) is 11.3 Å². The number of nitrogens with zero attached hydrogens (tertiary/aromatic N) is 3. The van der Waals surface area contributed by atoms with Crippen LogP contribution in [-0.2, 0) is 4.74 Å². The zero-order chi connectivity index (χ0) is 15.2. The van der Waals surface area contributed by atoms with E-state index in [4.69, 9.17) is 10.00 Å². The molecule has 0 aliphatic carbocycles. The zero-order valence-corrected chi connectivity index (χ0v) is 11.9. The second-order valence-corrected chi connectivity index (χ2v) is 4.56. The number of rotatable bonds is 5. The number of carbonyl (C=O) groups excluding carboxylic acids is 1. The smallest absolute Gasteiger partial charge is 0.270 e. The summed E-state index contributed by atoms with van der Waals surface area (Å²) in [5.74, 6) is -0.218. The highest BCUT2D eigenvalue weighted by Crippen LogP contribution is 2.19. The Labute approximate surface area is 123 Å². The highest BCUT2D eigenvalue weighted by atomic mass is 16.5. The van der Waals surface area contributed by atoms with Crippen LogP contribution in [0.3, 0.4) is 0 Å². The summed E-state index contributed by atoms with van der Waals surface area (Å²) >= 11 is 0. The summed E-state index contributed by atoms with van der Waals surface area (Å²) in [6.07, 6.45) is 3.19. The van der Waals surface area contributed by atoms with Gasteiger partial charge in [0.1, 0.15) is 11.8 Å². The predicted molar refractivity (Wildman–Crippen MR) is 76.5 cm³/mol. The lowest BCUT2D eigenvalue weighted by molar-refractivity contribution is 0.0590. The number of amides is 1. The average molecular weight is 284 g/mol. The van der Waals surface area contributed by atoms with Gasteiger partial charge in [0.05, 0.1) is 23.9 Å². The van der Waals surface area contributed by atoms with Crippen LogP contribution in [0.15, 0.2) is 36.7 Å². The topological polar surface area (TPSA) is 82.0 Å². The maximum Gasteiger partial charge on any atom is 0.270 e. The van der Waals surface area contributed by atoms with Crippen molar-refractivity contribution in [2.45, 2.75) is 6.04 Å². The Kier molecular flexibility index (Phi) is 4.69. The molecule has 1 amide bonds. The van der Waals surface area contributed by atoms with Gasteiger partial charge in [-0.1, -0.05) is 6.07 Å². The van der Waals surface area contributed by atoms with Crippen LogP contribution in [0.2, 0.25) is 0 Å². The number of ether oxygens (including phenoxy) is 1. The molecule has 21 heavy (non-hydrogen) atoms. The molecule has 0 saturated carbocycles. The van der Waals surface area contributed by atoms with Crippen LogP contribution in [0.4, 0.5) is 0 Å². The van der Waals surface area contributed by atoms with Gasteiger partial charge in [-0.25, -0.2) is 0 Å². The molecule has 2 aromatic rings. The van der Waals surface area contributed by atoms with Crippen molar-refractivity contribution in [1.29, 1.82) is 5.26 Å². The van der Waals surface area contributed by atoms with E-state index in [0.717, 1.165) is 5.69 Å². The molecular formula is C15H16N4O2. The van der Waals surface area contributed by atoms with E-state index < -0.39 is 0 Å². The lowest BCUT2D eigenvalue weighted by atomic mass is 10.1. The second kappa shape index (κ2) is 6.68. The van der Waals surface area contributed by atoms with Crippen molar-refractivity contribution >= 4 is 5.91 Å². The molecule has 1 unspecified atom stereocenters. The Bertz CT molecular complexity index is 645. The Balaban J connectivity index is 2.24. The van der Waals surface area contributed by atoms with Gasteiger partial charge >= 0.3 is 0 Å². The van der Waals surface area contributed by atoms with Crippen molar-refractivity contribution in [2.75, 3.05) is 20.8 Å². The monoisotopic (exact) mass is 284 g/mol. The van der Waals surface area contributed by atoms with Gasteiger partial charge in [-0.3, -0.25) is 9.78 Å². The highest BCUT2D eigenvalue weighted by Gasteiger charge is 2.24. The van der Waals surface area contributed by atoms with Crippen LogP contribution >= 0.6 is 0 Å². The third kappa shape index (κ3) is 3.27. The number of nitrogens with one attached hydrogen (secondary N) is 1. The van der Waals surface area contributed by atoms with Gasteiger partial charge in [0, 0.05) is 26.6 Å². The Hall–Kier alpha value is -2.65. The van der Waals surface area contributed by atoms with Gasteiger partial charge in [-0.05, 0) is 18.2 Å². The van der Waals surface area contributed by atoms with Crippen molar-refractivity contribution in [3.63, 3.8) is 0 Å². The van der Waals surface area contributed by atoms with Gasteiger partial charge < -0.3 is 14.6 Å². The average Bonchev–Trinajstić information content (AvgIpc) is 3.01. The van der Waals surface area contributed by atoms with Gasteiger partial charge in [0.25, 0.3) is 5.91 Å². The summed E-state index contributed by atoms with van der Waals surface area (Å²) in [5, 5.41) is 8.82. The number of aromatic amines is 1. The second-order valence-electron chi connectivity index (χ2n) is 4.56. The molecule has 0 fully saturated rings. The van der Waals surface area contributed by atoms with Gasteiger partial charge in [0.15, 0.2) is 0 Å². The molecule has 0 aromatic carbocycles. The van der Waals surface area contributed by atoms with E-state index in [-0.39, 0.29) is 11.9 Å². The van der Waals surface area contributed by atoms with Crippen LogP contribution < -0.4 is 0 Å². The van der Waals surface area contributed by atoms with Crippen molar-refractivity contribution in [1.82, 2.24) is 14.9 Å². The molecule has 1 atom stereocenters. The first-order chi connectivity index (χ1) is 10.2. The molecule has 0 radical (unpaired) electrons. The van der Waals surface area contributed by atoms with Gasteiger partial charge in [-0.2, -0.15) is 5.26 Å². The third-order valence-electron chi connectivity index (χ3n) is 3.18. The molecule has 0 spiro atoms. The van der Waals surface area contributed by atoms with E-state index in [1.807, 2.05) is 24.3 Å². The highest BCUT2D eigenvalue weighted by molar-refractivity contribution is 5.93. The number of hydrogen-bond acceptors (Lipinski definition) is 4. The summed E-state index contributed by atoms with van der Waals surface area (Å²) in [4.78, 5) is 21.1. The fraction of sp³-hybridized carbons (Fsp3) is 0.267. The molecule has 0 aliphatic heterocycles. The number of hydrogen-bond donors (Lipinski definition) is 1. The minimum Gasteiger partial charge on any atom is -0.382 e. The maximum absolute atomic E-state index is 12.5. The quantitative estimate of drug-likeness (QED) is 0.906. The molecule has 6 nitrogen and oxygen atoms in total. The lowest BCUT2D eigenvalue weighted by Gasteiger charge is -2.26. The van der Waals surface area contributed by atoms with E-state index in [0.29, 0.717) is 17.9 Å². The first-order valence-corrected chi connectivity index (χ1v) is 6.43. The Morgan fingerprint density at radius 2 is 2.38 bits per heavy atom. The van der Waals surface area contributed by atoms with E-state index in [1.165, 1.54) is 12.3 Å². The SMILES string of the molecule is COCC(c1ccccn1)N(C)C(=O)c1cc(C#N)c[nH]1. The number of carbonyl (C=O) groups is 1. The number of aromatic nitrogens is 2. The first kappa shape index (κ1) is 14.8.